The normalized spacial score (nSPS) is 12.0. The van der Waals surface area contributed by atoms with Crippen molar-refractivity contribution >= 4 is 23.6 Å². The summed E-state index contributed by atoms with van der Waals surface area (Å²) in [6, 6.07) is 12.7. The van der Waals surface area contributed by atoms with Crippen molar-refractivity contribution in [3.05, 3.63) is 71.7 Å². The van der Waals surface area contributed by atoms with Gasteiger partial charge in [-0.05, 0) is 48.2 Å². The maximum atomic E-state index is 13.5. The second-order valence-electron chi connectivity index (χ2n) is 6.91. The number of hydrogen-bond donors (Lipinski definition) is 4. The van der Waals surface area contributed by atoms with Crippen molar-refractivity contribution < 1.29 is 28.6 Å². The Morgan fingerprint density at radius 2 is 1.88 bits per heavy atom. The van der Waals surface area contributed by atoms with Crippen LogP contribution in [0.4, 0.5) is 4.39 Å². The number of halogens is 1. The molecule has 2 rings (SSSR count). The van der Waals surface area contributed by atoms with Gasteiger partial charge in [0.1, 0.15) is 11.5 Å². The Hall–Kier alpha value is -4.01. The molecule has 2 aromatic rings. The maximum absolute atomic E-state index is 13.5. The van der Waals surface area contributed by atoms with Gasteiger partial charge in [-0.1, -0.05) is 36.4 Å². The highest BCUT2D eigenvalue weighted by Crippen LogP contribution is 2.21. The topological polar surface area (TPSA) is 143 Å². The molecule has 0 fully saturated rings. The number of benzene rings is 2. The average Bonchev–Trinajstić information content (AvgIpc) is 2.74. The molecule has 5 N–H and O–H groups in total. The van der Waals surface area contributed by atoms with Gasteiger partial charge in [-0.15, -0.1) is 0 Å². The summed E-state index contributed by atoms with van der Waals surface area (Å²) in [5.74, 6) is -3.19. The quantitative estimate of drug-likeness (QED) is 0.253. The summed E-state index contributed by atoms with van der Waals surface area (Å²) in [5, 5.41) is 18.6. The van der Waals surface area contributed by atoms with Crippen LogP contribution in [0.15, 0.2) is 60.3 Å². The molecule has 168 valence electrons. The smallest absolute Gasteiger partial charge is 0.353 e. The molecule has 0 aliphatic carbocycles. The number of aliphatic carboxylic acids is 1. The molecule has 1 atom stereocenters. The van der Waals surface area contributed by atoms with E-state index in [4.69, 9.17) is 21.0 Å². The summed E-state index contributed by atoms with van der Waals surface area (Å²) in [7, 11) is 0. The fourth-order valence-electron chi connectivity index (χ4n) is 2.93. The molecule has 0 radical (unpaired) electrons. The summed E-state index contributed by atoms with van der Waals surface area (Å²) >= 11 is 0. The summed E-state index contributed by atoms with van der Waals surface area (Å²) in [6.07, 6.45) is 0.861. The largest absolute Gasteiger partial charge is 0.477 e. The lowest BCUT2D eigenvalue weighted by atomic mass is 9.99. The van der Waals surface area contributed by atoms with Gasteiger partial charge in [0.05, 0.1) is 18.7 Å². The number of esters is 1. The number of carboxylic acid groups (broad SMARTS) is 1. The third-order valence-electron chi connectivity index (χ3n) is 4.44. The second-order valence-corrected chi connectivity index (χ2v) is 6.91. The first-order valence-electron chi connectivity index (χ1n) is 9.80. The van der Waals surface area contributed by atoms with E-state index in [-0.39, 0.29) is 25.3 Å². The van der Waals surface area contributed by atoms with Crippen molar-refractivity contribution in [2.24, 2.45) is 5.73 Å². The van der Waals surface area contributed by atoms with Crippen molar-refractivity contribution in [3.8, 4) is 11.1 Å². The minimum Gasteiger partial charge on any atom is -0.477 e. The highest BCUT2D eigenvalue weighted by molar-refractivity contribution is 6.39. The van der Waals surface area contributed by atoms with Crippen LogP contribution in [0.5, 0.6) is 0 Å². The van der Waals surface area contributed by atoms with Crippen LogP contribution >= 0.6 is 0 Å². The summed E-state index contributed by atoms with van der Waals surface area (Å²) in [5.41, 5.74) is 6.59. The van der Waals surface area contributed by atoms with Crippen LogP contribution in [0.3, 0.4) is 0 Å². The predicted octanol–water partition coefficient (Wildman–Crippen LogP) is 2.42. The van der Waals surface area contributed by atoms with Crippen LogP contribution in [-0.4, -0.2) is 41.3 Å². The SMILES string of the molecule is CCOC(=O)C[C@@H](Cc1ccc(-c2cccc(F)c2)cc1)NC(=O)/C(N)=C/C(=N)C(=O)O. The first kappa shape index (κ1) is 24.3. The van der Waals surface area contributed by atoms with Crippen molar-refractivity contribution in [2.75, 3.05) is 6.61 Å². The number of carbonyl (C=O) groups excluding carboxylic acids is 2. The molecule has 0 saturated carbocycles. The van der Waals surface area contributed by atoms with Gasteiger partial charge in [-0.3, -0.25) is 15.0 Å². The summed E-state index contributed by atoms with van der Waals surface area (Å²) in [4.78, 5) is 35.0. The predicted molar refractivity (Wildman–Crippen MR) is 116 cm³/mol. The van der Waals surface area contributed by atoms with Gasteiger partial charge < -0.3 is 20.9 Å². The van der Waals surface area contributed by atoms with Gasteiger partial charge >= 0.3 is 11.9 Å². The standard InChI is InChI=1S/C23H24FN3O5/c1-2-32-21(28)12-18(27-22(29)19(25)13-20(26)23(30)31)10-14-6-8-15(9-7-14)16-4-3-5-17(24)11-16/h3-9,11,13,18,26H,2,10,12,25H2,1H3,(H,27,29)(H,30,31)/b19-13-,26-20?/t18-/m1/s1. The van der Waals surface area contributed by atoms with E-state index in [1.165, 1.54) is 12.1 Å². The molecule has 0 aromatic heterocycles. The Balaban J connectivity index is 2.16. The molecule has 0 aliphatic rings. The first-order chi connectivity index (χ1) is 15.2. The fraction of sp³-hybridized carbons (Fsp3) is 0.217. The lowest BCUT2D eigenvalue weighted by Gasteiger charge is -2.18. The van der Waals surface area contributed by atoms with Crippen molar-refractivity contribution in [1.82, 2.24) is 5.32 Å². The van der Waals surface area contributed by atoms with Crippen LogP contribution in [-0.2, 0) is 25.5 Å². The van der Waals surface area contributed by atoms with Gasteiger partial charge in [0.2, 0.25) is 0 Å². The third kappa shape index (κ3) is 7.35. The lowest BCUT2D eigenvalue weighted by Crippen LogP contribution is -2.41. The first-order valence-corrected chi connectivity index (χ1v) is 9.80. The van der Waals surface area contributed by atoms with E-state index in [9.17, 15) is 18.8 Å². The van der Waals surface area contributed by atoms with Gasteiger partial charge in [-0.25, -0.2) is 9.18 Å². The van der Waals surface area contributed by atoms with Crippen LogP contribution in [0, 0.1) is 11.2 Å². The van der Waals surface area contributed by atoms with E-state index in [1.807, 2.05) is 0 Å². The van der Waals surface area contributed by atoms with Crippen molar-refractivity contribution in [2.45, 2.75) is 25.8 Å². The van der Waals surface area contributed by atoms with Gasteiger partial charge in [0.25, 0.3) is 5.91 Å². The number of carbonyl (C=O) groups is 3. The number of hydrogen-bond acceptors (Lipinski definition) is 6. The number of rotatable bonds is 10. The van der Waals surface area contributed by atoms with Crippen molar-refractivity contribution in [1.29, 1.82) is 5.41 Å². The van der Waals surface area contributed by atoms with Gasteiger partial charge in [-0.2, -0.15) is 0 Å². The average molecular weight is 441 g/mol. The molecule has 0 bridgehead atoms. The molecule has 0 unspecified atom stereocenters. The molecular weight excluding hydrogens is 417 g/mol. The Labute approximate surface area is 184 Å². The summed E-state index contributed by atoms with van der Waals surface area (Å²) < 4.78 is 18.4. The molecule has 0 saturated heterocycles. The fourth-order valence-corrected chi connectivity index (χ4v) is 2.93. The Bertz CT molecular complexity index is 1030. The molecule has 9 heteroatoms. The molecular formula is C23H24FN3O5. The van der Waals surface area contributed by atoms with E-state index < -0.39 is 35.3 Å². The number of carboxylic acids is 1. The highest BCUT2D eigenvalue weighted by atomic mass is 19.1. The number of nitrogens with one attached hydrogen (secondary N) is 2. The zero-order chi connectivity index (χ0) is 23.7. The van der Waals surface area contributed by atoms with Crippen LogP contribution in [0.2, 0.25) is 0 Å². The van der Waals surface area contributed by atoms with Crippen LogP contribution in [0.25, 0.3) is 11.1 Å². The third-order valence-corrected chi connectivity index (χ3v) is 4.44. The van der Waals surface area contributed by atoms with Gasteiger partial charge in [0, 0.05) is 6.04 Å². The molecule has 8 nitrogen and oxygen atoms in total. The van der Waals surface area contributed by atoms with Crippen molar-refractivity contribution in [3.63, 3.8) is 0 Å². The minimum absolute atomic E-state index is 0.130. The van der Waals surface area contributed by atoms with E-state index in [0.29, 0.717) is 5.56 Å². The zero-order valence-electron chi connectivity index (χ0n) is 17.4. The zero-order valence-corrected chi connectivity index (χ0v) is 17.4. The maximum Gasteiger partial charge on any atom is 0.353 e. The molecule has 0 spiro atoms. The summed E-state index contributed by atoms with van der Waals surface area (Å²) in [6.45, 7) is 1.84. The van der Waals surface area contributed by atoms with E-state index >= 15 is 0 Å². The minimum atomic E-state index is -1.53. The number of amides is 1. The second kappa shape index (κ2) is 11.4. The Morgan fingerprint density at radius 3 is 2.47 bits per heavy atom. The monoisotopic (exact) mass is 441 g/mol. The molecule has 0 aliphatic heterocycles. The van der Waals surface area contributed by atoms with E-state index in [2.05, 4.69) is 5.32 Å². The van der Waals surface area contributed by atoms with Gasteiger partial charge in [0.15, 0.2) is 0 Å². The Kier molecular flexibility index (Phi) is 8.64. The van der Waals surface area contributed by atoms with Crippen LogP contribution < -0.4 is 11.1 Å². The molecule has 0 heterocycles. The van der Waals surface area contributed by atoms with E-state index in [1.54, 1.807) is 43.3 Å². The molecule has 32 heavy (non-hydrogen) atoms. The molecule has 1 amide bonds. The Morgan fingerprint density at radius 1 is 1.19 bits per heavy atom. The van der Waals surface area contributed by atoms with Crippen LogP contribution in [0.1, 0.15) is 18.9 Å². The lowest BCUT2D eigenvalue weighted by molar-refractivity contribution is -0.143. The molecule has 2 aromatic carbocycles. The van der Waals surface area contributed by atoms with E-state index in [0.717, 1.165) is 17.2 Å². The number of ether oxygens (including phenoxy) is 1. The number of nitrogens with two attached hydrogens (primary N) is 1. The highest BCUT2D eigenvalue weighted by Gasteiger charge is 2.20.